The predicted molar refractivity (Wildman–Crippen MR) is 53.3 cm³/mol. The highest BCUT2D eigenvalue weighted by Crippen LogP contribution is 2.22. The molecule has 0 aromatic rings. The summed E-state index contributed by atoms with van der Waals surface area (Å²) in [6.45, 7) is 0.913. The molecule has 1 rings (SSSR count). The highest BCUT2D eigenvalue weighted by atomic mass is 32.1. The lowest BCUT2D eigenvalue weighted by molar-refractivity contribution is -0.0660. The molecule has 1 fully saturated rings. The third kappa shape index (κ3) is 3.44. The summed E-state index contributed by atoms with van der Waals surface area (Å²) in [7, 11) is 0. The molecule has 0 radical (unpaired) electrons. The van der Waals surface area contributed by atoms with Crippen LogP contribution >= 0.6 is 12.2 Å². The molecule has 5 heteroatoms. The van der Waals surface area contributed by atoms with Gasteiger partial charge in [0.05, 0.1) is 0 Å². The van der Waals surface area contributed by atoms with Gasteiger partial charge in [-0.2, -0.15) is 13.2 Å². The SMILES string of the molecule is FC(F)(F)C(=S)N1CCCCCCC1. The smallest absolute Gasteiger partial charge is 0.359 e. The summed E-state index contributed by atoms with van der Waals surface area (Å²) in [5.74, 6) is 0. The van der Waals surface area contributed by atoms with E-state index in [0.717, 1.165) is 32.1 Å². The van der Waals surface area contributed by atoms with E-state index in [9.17, 15) is 13.2 Å². The Balaban J connectivity index is 2.51. The highest BCUT2D eigenvalue weighted by molar-refractivity contribution is 7.80. The van der Waals surface area contributed by atoms with E-state index in [1.165, 1.54) is 4.90 Å². The average Bonchev–Trinajstić information content (AvgIpc) is 2.00. The Kier molecular flexibility index (Phi) is 4.16. The molecule has 0 saturated carbocycles. The summed E-state index contributed by atoms with van der Waals surface area (Å²) in [6, 6.07) is 0. The number of hydrogen-bond acceptors (Lipinski definition) is 1. The van der Waals surface area contributed by atoms with Crippen LogP contribution in [0.4, 0.5) is 13.2 Å². The van der Waals surface area contributed by atoms with Crippen LogP contribution < -0.4 is 0 Å². The lowest BCUT2D eigenvalue weighted by Crippen LogP contribution is -2.41. The predicted octanol–water partition coefficient (Wildman–Crippen LogP) is 3.14. The Labute approximate surface area is 87.3 Å². The Morgan fingerprint density at radius 3 is 1.79 bits per heavy atom. The number of rotatable bonds is 0. The van der Waals surface area contributed by atoms with E-state index >= 15 is 0 Å². The minimum atomic E-state index is -4.34. The van der Waals surface area contributed by atoms with Crippen LogP contribution in [0.1, 0.15) is 32.1 Å². The van der Waals surface area contributed by atoms with Crippen molar-refractivity contribution in [2.45, 2.75) is 38.3 Å². The fourth-order valence-electron chi connectivity index (χ4n) is 1.63. The second kappa shape index (κ2) is 4.96. The van der Waals surface area contributed by atoms with Crippen LogP contribution in [-0.4, -0.2) is 29.2 Å². The molecule has 1 nitrogen and oxygen atoms in total. The minimum Gasteiger partial charge on any atom is -0.359 e. The van der Waals surface area contributed by atoms with Gasteiger partial charge in [0.25, 0.3) is 0 Å². The second-order valence-electron chi connectivity index (χ2n) is 3.56. The summed E-state index contributed by atoms with van der Waals surface area (Å²) in [4.78, 5) is 0.452. The van der Waals surface area contributed by atoms with Crippen molar-refractivity contribution in [3.63, 3.8) is 0 Å². The van der Waals surface area contributed by atoms with Gasteiger partial charge in [-0.3, -0.25) is 0 Å². The number of likely N-dealkylation sites (tertiary alicyclic amines) is 1. The molecular formula is C9H14F3NS. The molecule has 0 aliphatic carbocycles. The Bertz CT molecular complexity index is 195. The molecule has 0 spiro atoms. The maximum atomic E-state index is 12.3. The van der Waals surface area contributed by atoms with Crippen molar-refractivity contribution in [1.29, 1.82) is 0 Å². The van der Waals surface area contributed by atoms with E-state index in [0.29, 0.717) is 13.1 Å². The van der Waals surface area contributed by atoms with Crippen molar-refractivity contribution >= 4 is 17.2 Å². The van der Waals surface area contributed by atoms with Crippen molar-refractivity contribution in [3.05, 3.63) is 0 Å². The molecule has 0 unspecified atom stereocenters. The van der Waals surface area contributed by atoms with Crippen LogP contribution in [0.5, 0.6) is 0 Å². The fourth-order valence-corrected chi connectivity index (χ4v) is 1.81. The lowest BCUT2D eigenvalue weighted by atomic mass is 10.1. The van der Waals surface area contributed by atoms with Crippen molar-refractivity contribution in [2.24, 2.45) is 0 Å². The summed E-state index contributed by atoms with van der Waals surface area (Å²) in [6.07, 6.45) is 0.446. The summed E-state index contributed by atoms with van der Waals surface area (Å²) in [5.41, 5.74) is 0. The zero-order chi connectivity index (χ0) is 10.6. The van der Waals surface area contributed by atoms with Gasteiger partial charge in [-0.15, -0.1) is 0 Å². The van der Waals surface area contributed by atoms with E-state index in [1.807, 2.05) is 0 Å². The monoisotopic (exact) mass is 225 g/mol. The molecule has 0 N–H and O–H groups in total. The van der Waals surface area contributed by atoms with Crippen LogP contribution in [0.25, 0.3) is 0 Å². The maximum absolute atomic E-state index is 12.3. The van der Waals surface area contributed by atoms with Gasteiger partial charge in [0.15, 0.2) is 4.99 Å². The summed E-state index contributed by atoms with van der Waals surface area (Å²) in [5, 5.41) is 0. The van der Waals surface area contributed by atoms with Crippen LogP contribution in [0, 0.1) is 0 Å². The summed E-state index contributed by atoms with van der Waals surface area (Å²) >= 11 is 4.42. The molecule has 1 aliphatic heterocycles. The third-order valence-corrected chi connectivity index (χ3v) is 2.88. The quantitative estimate of drug-likeness (QED) is 0.583. The fraction of sp³-hybridized carbons (Fsp3) is 0.889. The number of hydrogen-bond donors (Lipinski definition) is 0. The normalized spacial score (nSPS) is 20.1. The summed E-state index contributed by atoms with van der Waals surface area (Å²) < 4.78 is 36.9. The molecule has 1 heterocycles. The van der Waals surface area contributed by atoms with Gasteiger partial charge in [0.2, 0.25) is 0 Å². The van der Waals surface area contributed by atoms with Gasteiger partial charge in [-0.1, -0.05) is 31.5 Å². The first-order valence-corrected chi connectivity index (χ1v) is 5.29. The highest BCUT2D eigenvalue weighted by Gasteiger charge is 2.37. The molecule has 0 aromatic carbocycles. The van der Waals surface area contributed by atoms with Gasteiger partial charge in [0.1, 0.15) is 0 Å². The number of thiocarbonyl (C=S) groups is 1. The minimum absolute atomic E-state index is 0.457. The van der Waals surface area contributed by atoms with E-state index < -0.39 is 11.2 Å². The van der Waals surface area contributed by atoms with Crippen molar-refractivity contribution in [3.8, 4) is 0 Å². The molecule has 0 amide bonds. The Morgan fingerprint density at radius 1 is 0.929 bits per heavy atom. The largest absolute Gasteiger partial charge is 0.441 e. The van der Waals surface area contributed by atoms with E-state index in [2.05, 4.69) is 12.2 Å². The zero-order valence-electron chi connectivity index (χ0n) is 7.94. The number of nitrogens with zero attached hydrogens (tertiary/aromatic N) is 1. The maximum Gasteiger partial charge on any atom is 0.441 e. The van der Waals surface area contributed by atoms with Gasteiger partial charge in [-0.05, 0) is 12.8 Å². The second-order valence-corrected chi connectivity index (χ2v) is 3.94. The first kappa shape index (κ1) is 11.8. The van der Waals surface area contributed by atoms with Crippen LogP contribution in [-0.2, 0) is 0 Å². The van der Waals surface area contributed by atoms with Gasteiger partial charge < -0.3 is 4.90 Å². The standard InChI is InChI=1S/C9H14F3NS/c10-9(11,12)8(14)13-6-4-2-1-3-5-7-13/h1-7H2. The van der Waals surface area contributed by atoms with Crippen molar-refractivity contribution in [1.82, 2.24) is 4.90 Å². The van der Waals surface area contributed by atoms with Crippen molar-refractivity contribution < 1.29 is 13.2 Å². The average molecular weight is 225 g/mol. The Hall–Kier alpha value is -0.320. The van der Waals surface area contributed by atoms with Gasteiger partial charge >= 0.3 is 6.18 Å². The van der Waals surface area contributed by atoms with Gasteiger partial charge in [0, 0.05) is 13.1 Å². The third-order valence-electron chi connectivity index (χ3n) is 2.39. The first-order valence-electron chi connectivity index (χ1n) is 4.88. The van der Waals surface area contributed by atoms with E-state index in [-0.39, 0.29) is 0 Å². The van der Waals surface area contributed by atoms with Crippen LogP contribution in [0.15, 0.2) is 0 Å². The molecule has 0 atom stereocenters. The number of alkyl halides is 3. The van der Waals surface area contributed by atoms with E-state index in [1.54, 1.807) is 0 Å². The van der Waals surface area contributed by atoms with Crippen LogP contribution in [0.3, 0.4) is 0 Å². The van der Waals surface area contributed by atoms with Crippen molar-refractivity contribution in [2.75, 3.05) is 13.1 Å². The lowest BCUT2D eigenvalue weighted by Gasteiger charge is -2.27. The first-order chi connectivity index (χ1) is 6.52. The zero-order valence-corrected chi connectivity index (χ0v) is 8.76. The molecular weight excluding hydrogens is 211 g/mol. The van der Waals surface area contributed by atoms with Crippen LogP contribution in [0.2, 0.25) is 0 Å². The topological polar surface area (TPSA) is 3.24 Å². The molecule has 82 valence electrons. The van der Waals surface area contributed by atoms with E-state index in [4.69, 9.17) is 0 Å². The molecule has 0 bridgehead atoms. The number of halogens is 3. The molecule has 1 aliphatic rings. The Morgan fingerprint density at radius 2 is 1.36 bits per heavy atom. The van der Waals surface area contributed by atoms with Gasteiger partial charge in [-0.25, -0.2) is 0 Å². The molecule has 0 aromatic heterocycles. The molecule has 1 saturated heterocycles. The molecule has 14 heavy (non-hydrogen) atoms.